The summed E-state index contributed by atoms with van der Waals surface area (Å²) in [6.45, 7) is 0. The Morgan fingerprint density at radius 2 is 1.79 bits per heavy atom. The van der Waals surface area contributed by atoms with Crippen LogP contribution in [0.5, 0.6) is 0 Å². The number of halogens is 4. The van der Waals surface area contributed by atoms with Gasteiger partial charge in [0.05, 0.1) is 0 Å². The Hall–Kier alpha value is -0.380. The van der Waals surface area contributed by atoms with E-state index in [1.165, 1.54) is 6.07 Å². The van der Waals surface area contributed by atoms with Gasteiger partial charge in [0.15, 0.2) is 0 Å². The van der Waals surface area contributed by atoms with E-state index in [1.807, 2.05) is 24.3 Å². The van der Waals surface area contributed by atoms with Crippen molar-refractivity contribution in [2.75, 3.05) is 5.88 Å². The quantitative estimate of drug-likeness (QED) is 0.553. The molecule has 0 N–H and O–H groups in total. The highest BCUT2D eigenvalue weighted by molar-refractivity contribution is 9.10. The molecular formula is C15H12Br2ClF. The third kappa shape index (κ3) is 3.80. The van der Waals surface area contributed by atoms with Gasteiger partial charge in [0.2, 0.25) is 0 Å². The first kappa shape index (κ1) is 15.0. The summed E-state index contributed by atoms with van der Waals surface area (Å²) in [5, 5.41) is 0. The fourth-order valence-electron chi connectivity index (χ4n) is 2.02. The fraction of sp³-hybridized carbons (Fsp3) is 0.200. The fourth-order valence-corrected chi connectivity index (χ4v) is 3.31. The van der Waals surface area contributed by atoms with Crippen molar-refractivity contribution in [2.24, 2.45) is 0 Å². The summed E-state index contributed by atoms with van der Waals surface area (Å²) < 4.78 is 15.3. The molecule has 0 aliphatic rings. The molecule has 0 heterocycles. The second kappa shape index (κ2) is 6.87. The lowest BCUT2D eigenvalue weighted by Crippen LogP contribution is -2.06. The largest absolute Gasteiger partial charge is 0.207 e. The molecule has 0 aliphatic carbocycles. The molecule has 2 aromatic carbocycles. The van der Waals surface area contributed by atoms with Gasteiger partial charge >= 0.3 is 0 Å². The molecule has 2 aromatic rings. The summed E-state index contributed by atoms with van der Waals surface area (Å²) in [6.07, 6.45) is 0.699. The van der Waals surface area contributed by atoms with Crippen LogP contribution in [0.3, 0.4) is 0 Å². The smallest absolute Gasteiger partial charge is 0.123 e. The van der Waals surface area contributed by atoms with E-state index in [9.17, 15) is 4.39 Å². The zero-order valence-corrected chi connectivity index (χ0v) is 14.0. The van der Waals surface area contributed by atoms with Crippen molar-refractivity contribution in [3.63, 3.8) is 0 Å². The third-order valence-electron chi connectivity index (χ3n) is 3.01. The van der Waals surface area contributed by atoms with Crippen LogP contribution in [0.4, 0.5) is 4.39 Å². The minimum absolute atomic E-state index is 0.148. The lowest BCUT2D eigenvalue weighted by molar-refractivity contribution is 0.622. The van der Waals surface area contributed by atoms with E-state index in [1.54, 1.807) is 12.1 Å². The van der Waals surface area contributed by atoms with Crippen LogP contribution < -0.4 is 0 Å². The van der Waals surface area contributed by atoms with E-state index >= 15 is 0 Å². The second-order valence-electron chi connectivity index (χ2n) is 4.31. The predicted octanol–water partition coefficient (Wildman–Crippen LogP) is 5.92. The Labute approximate surface area is 134 Å². The summed E-state index contributed by atoms with van der Waals surface area (Å²) >= 11 is 13.1. The number of hydrogen-bond donors (Lipinski definition) is 0. The van der Waals surface area contributed by atoms with Crippen LogP contribution >= 0.6 is 43.5 Å². The summed E-state index contributed by atoms with van der Waals surface area (Å²) in [6, 6.07) is 12.7. The molecule has 0 fully saturated rings. The maximum absolute atomic E-state index is 13.3. The summed E-state index contributed by atoms with van der Waals surface area (Å²) in [4.78, 5) is 0. The molecule has 100 valence electrons. The minimum Gasteiger partial charge on any atom is -0.207 e. The first-order chi connectivity index (χ1) is 9.11. The molecule has 0 saturated carbocycles. The molecule has 2 rings (SSSR count). The summed E-state index contributed by atoms with van der Waals surface area (Å²) in [5.41, 5.74) is 2.08. The van der Waals surface area contributed by atoms with Gasteiger partial charge in [0, 0.05) is 20.7 Å². The van der Waals surface area contributed by atoms with Crippen molar-refractivity contribution in [2.45, 2.75) is 12.3 Å². The predicted molar refractivity (Wildman–Crippen MR) is 85.4 cm³/mol. The van der Waals surface area contributed by atoms with Gasteiger partial charge in [-0.2, -0.15) is 0 Å². The van der Waals surface area contributed by atoms with Gasteiger partial charge in [0.1, 0.15) is 5.82 Å². The molecule has 0 saturated heterocycles. The zero-order valence-electron chi connectivity index (χ0n) is 10.0. The van der Waals surface area contributed by atoms with Gasteiger partial charge in [-0.1, -0.05) is 50.1 Å². The van der Waals surface area contributed by atoms with Crippen LogP contribution in [0, 0.1) is 5.82 Å². The van der Waals surface area contributed by atoms with E-state index in [0.717, 1.165) is 20.1 Å². The Bertz CT molecular complexity index is 572. The number of benzene rings is 2. The SMILES string of the molecule is Fc1ccc(Br)c(CC(CCl)c2ccccc2Br)c1. The summed E-state index contributed by atoms with van der Waals surface area (Å²) in [7, 11) is 0. The minimum atomic E-state index is -0.223. The maximum atomic E-state index is 13.3. The van der Waals surface area contributed by atoms with Crippen molar-refractivity contribution in [1.29, 1.82) is 0 Å². The van der Waals surface area contributed by atoms with Crippen molar-refractivity contribution in [1.82, 2.24) is 0 Å². The Balaban J connectivity index is 2.29. The highest BCUT2D eigenvalue weighted by Crippen LogP contribution is 2.31. The first-order valence-electron chi connectivity index (χ1n) is 5.86. The summed E-state index contributed by atoms with van der Waals surface area (Å²) in [5.74, 6) is 0.417. The van der Waals surface area contributed by atoms with Gasteiger partial charge < -0.3 is 0 Å². The monoisotopic (exact) mass is 404 g/mol. The molecule has 0 radical (unpaired) electrons. The van der Waals surface area contributed by atoms with Gasteiger partial charge in [0.25, 0.3) is 0 Å². The van der Waals surface area contributed by atoms with Crippen LogP contribution in [0.15, 0.2) is 51.4 Å². The van der Waals surface area contributed by atoms with E-state index in [0.29, 0.717) is 12.3 Å². The highest BCUT2D eigenvalue weighted by atomic mass is 79.9. The average Bonchev–Trinajstić information content (AvgIpc) is 2.41. The Morgan fingerprint density at radius 1 is 1.05 bits per heavy atom. The lowest BCUT2D eigenvalue weighted by atomic mass is 9.93. The second-order valence-corrected chi connectivity index (χ2v) is 6.33. The topological polar surface area (TPSA) is 0 Å². The molecule has 0 spiro atoms. The molecule has 4 heteroatoms. The Morgan fingerprint density at radius 3 is 2.47 bits per heavy atom. The zero-order chi connectivity index (χ0) is 13.8. The third-order valence-corrected chi connectivity index (χ3v) is 4.87. The molecule has 1 atom stereocenters. The standard InChI is InChI=1S/C15H12Br2ClF/c16-14-6-5-12(19)8-10(14)7-11(9-18)13-3-1-2-4-15(13)17/h1-6,8,11H,7,9H2. The average molecular weight is 407 g/mol. The van der Waals surface area contributed by atoms with E-state index in [4.69, 9.17) is 11.6 Å². The van der Waals surface area contributed by atoms with E-state index in [2.05, 4.69) is 31.9 Å². The van der Waals surface area contributed by atoms with Gasteiger partial charge in [-0.05, 0) is 41.8 Å². The normalized spacial score (nSPS) is 12.4. The van der Waals surface area contributed by atoms with Gasteiger partial charge in [-0.15, -0.1) is 11.6 Å². The van der Waals surface area contributed by atoms with Crippen LogP contribution in [-0.2, 0) is 6.42 Å². The lowest BCUT2D eigenvalue weighted by Gasteiger charge is -2.17. The maximum Gasteiger partial charge on any atom is 0.123 e. The van der Waals surface area contributed by atoms with Crippen LogP contribution in [-0.4, -0.2) is 5.88 Å². The molecule has 0 aliphatic heterocycles. The number of rotatable bonds is 4. The molecule has 0 bridgehead atoms. The van der Waals surface area contributed by atoms with Crippen LogP contribution in [0.25, 0.3) is 0 Å². The van der Waals surface area contributed by atoms with Crippen molar-refractivity contribution < 1.29 is 4.39 Å². The van der Waals surface area contributed by atoms with Crippen LogP contribution in [0.2, 0.25) is 0 Å². The van der Waals surface area contributed by atoms with Gasteiger partial charge in [-0.25, -0.2) is 4.39 Å². The van der Waals surface area contributed by atoms with Crippen molar-refractivity contribution in [3.05, 3.63) is 68.4 Å². The first-order valence-corrected chi connectivity index (χ1v) is 7.98. The number of alkyl halides is 1. The Kier molecular flexibility index (Phi) is 5.43. The molecule has 0 aromatic heterocycles. The molecule has 0 amide bonds. The van der Waals surface area contributed by atoms with Crippen molar-refractivity contribution in [3.8, 4) is 0 Å². The number of hydrogen-bond acceptors (Lipinski definition) is 0. The molecular weight excluding hydrogens is 394 g/mol. The molecule has 1 unspecified atom stereocenters. The van der Waals surface area contributed by atoms with E-state index < -0.39 is 0 Å². The molecule has 19 heavy (non-hydrogen) atoms. The van der Waals surface area contributed by atoms with E-state index in [-0.39, 0.29) is 11.7 Å². The van der Waals surface area contributed by atoms with Gasteiger partial charge in [-0.3, -0.25) is 0 Å². The van der Waals surface area contributed by atoms with Crippen molar-refractivity contribution >= 4 is 43.5 Å². The van der Waals surface area contributed by atoms with Crippen LogP contribution in [0.1, 0.15) is 17.0 Å². The highest BCUT2D eigenvalue weighted by Gasteiger charge is 2.15. The molecule has 0 nitrogen and oxygen atoms in total.